The molecule has 0 aromatic carbocycles. The molecule has 0 saturated carbocycles. The number of likely N-dealkylation sites (N-methyl/N-ethyl adjacent to an activating group) is 2. The lowest BCUT2D eigenvalue weighted by Gasteiger charge is -2.23. The zero-order valence-corrected chi connectivity index (χ0v) is 11.2. The van der Waals surface area contributed by atoms with E-state index in [9.17, 15) is 0 Å². The van der Waals surface area contributed by atoms with E-state index in [1.165, 1.54) is 0 Å². The van der Waals surface area contributed by atoms with Gasteiger partial charge in [0.15, 0.2) is 0 Å². The van der Waals surface area contributed by atoms with Crippen LogP contribution in [0.15, 0.2) is 41.3 Å². The van der Waals surface area contributed by atoms with Crippen LogP contribution in [-0.4, -0.2) is 30.1 Å². The summed E-state index contributed by atoms with van der Waals surface area (Å²) >= 11 is 0. The summed E-state index contributed by atoms with van der Waals surface area (Å²) in [5.74, 6) is 0.888. The van der Waals surface area contributed by atoms with Crippen LogP contribution in [0.3, 0.4) is 0 Å². The summed E-state index contributed by atoms with van der Waals surface area (Å²) in [6.45, 7) is 0. The number of nitrogens with zero attached hydrogens (tertiary/aromatic N) is 2. The number of halogens is 1. The first-order valence-corrected chi connectivity index (χ1v) is 4.61. The average molecular weight is 318 g/mol. The molecule has 82 valence electrons. The van der Waals surface area contributed by atoms with Crippen LogP contribution in [0.2, 0.25) is 0 Å². The quantitative estimate of drug-likeness (QED) is 0.782. The lowest BCUT2D eigenvalue weighted by atomic mass is 10.3. The van der Waals surface area contributed by atoms with Crippen LogP contribution in [0.4, 0.5) is 0 Å². The van der Waals surface area contributed by atoms with Crippen LogP contribution in [0.5, 0.6) is 0 Å². The highest BCUT2D eigenvalue weighted by Crippen LogP contribution is 2.14. The number of hydrogen-bond acceptors (Lipinski definition) is 3. The topological polar surface area (TPSA) is 19.6 Å². The summed E-state index contributed by atoms with van der Waals surface area (Å²) in [4.78, 5) is 4.28. The van der Waals surface area contributed by atoms with Gasteiger partial charge in [0.2, 0.25) is 0 Å². The van der Waals surface area contributed by atoms with Crippen LogP contribution in [0.25, 0.3) is 6.08 Å². The molecule has 0 amide bonds. The van der Waals surface area contributed by atoms with Crippen molar-refractivity contribution in [1.82, 2.24) is 9.80 Å². The molecule has 15 heavy (non-hydrogen) atoms. The molecule has 1 aliphatic rings. The van der Waals surface area contributed by atoms with Gasteiger partial charge in [0.05, 0.1) is 6.26 Å². The Hall–Kier alpha value is -0.910. The fourth-order valence-electron chi connectivity index (χ4n) is 1.51. The van der Waals surface area contributed by atoms with E-state index in [2.05, 4.69) is 42.4 Å². The van der Waals surface area contributed by atoms with Gasteiger partial charge in [-0.3, -0.25) is 0 Å². The summed E-state index contributed by atoms with van der Waals surface area (Å²) < 4.78 is 5.22. The molecule has 1 aromatic rings. The Bertz CT molecular complexity index is 333. The summed E-state index contributed by atoms with van der Waals surface area (Å²) in [6, 6.07) is 3.83. The van der Waals surface area contributed by atoms with Crippen molar-refractivity contribution in [1.29, 1.82) is 0 Å². The molecule has 0 aliphatic carbocycles. The van der Waals surface area contributed by atoms with E-state index in [1.807, 2.05) is 18.2 Å². The maximum Gasteiger partial charge on any atom is 0.126 e. The Labute approximate surface area is 107 Å². The Balaban J connectivity index is 0.00000112. The zero-order valence-electron chi connectivity index (χ0n) is 8.83. The van der Waals surface area contributed by atoms with Crippen molar-refractivity contribution in [2.45, 2.75) is 6.17 Å². The van der Waals surface area contributed by atoms with Gasteiger partial charge in [0.25, 0.3) is 0 Å². The van der Waals surface area contributed by atoms with E-state index in [0.717, 1.165) is 5.76 Å². The van der Waals surface area contributed by atoms with Gasteiger partial charge >= 0.3 is 0 Å². The zero-order chi connectivity index (χ0) is 9.97. The molecule has 4 heteroatoms. The van der Waals surface area contributed by atoms with Gasteiger partial charge < -0.3 is 14.2 Å². The molecule has 0 unspecified atom stereocenters. The van der Waals surface area contributed by atoms with Crippen molar-refractivity contribution < 1.29 is 4.42 Å². The lowest BCUT2D eigenvalue weighted by molar-refractivity contribution is 0.258. The minimum absolute atomic E-state index is 0. The highest BCUT2D eigenvalue weighted by molar-refractivity contribution is 14.0. The molecule has 0 bridgehead atoms. The predicted molar refractivity (Wildman–Crippen MR) is 71.6 cm³/mol. The maximum absolute atomic E-state index is 5.22. The number of furan rings is 1. The van der Waals surface area contributed by atoms with Gasteiger partial charge in [-0.1, -0.05) is 0 Å². The third-order valence-electron chi connectivity index (χ3n) is 2.35. The fourth-order valence-corrected chi connectivity index (χ4v) is 1.51. The van der Waals surface area contributed by atoms with E-state index >= 15 is 0 Å². The molecule has 0 spiro atoms. The van der Waals surface area contributed by atoms with Gasteiger partial charge in [-0.15, -0.1) is 24.0 Å². The normalized spacial score (nSPS) is 16.4. The number of rotatable bonds is 2. The Morgan fingerprint density at radius 1 is 1.27 bits per heavy atom. The Kier molecular flexibility index (Phi) is 4.26. The van der Waals surface area contributed by atoms with Gasteiger partial charge in [-0.05, 0) is 24.3 Å². The average Bonchev–Trinajstić information content (AvgIpc) is 2.76. The molecule has 0 N–H and O–H groups in total. The first kappa shape index (κ1) is 12.2. The van der Waals surface area contributed by atoms with Crippen molar-refractivity contribution in [3.05, 3.63) is 42.6 Å². The Morgan fingerprint density at radius 3 is 2.47 bits per heavy atom. The van der Waals surface area contributed by atoms with E-state index in [0.29, 0.717) is 6.17 Å². The summed E-state index contributed by atoms with van der Waals surface area (Å²) in [5.41, 5.74) is 0. The van der Waals surface area contributed by atoms with Crippen molar-refractivity contribution in [3.63, 3.8) is 0 Å². The van der Waals surface area contributed by atoms with Crippen molar-refractivity contribution in [2.24, 2.45) is 0 Å². The lowest BCUT2D eigenvalue weighted by Crippen LogP contribution is -2.31. The maximum atomic E-state index is 5.22. The molecule has 0 fully saturated rings. The predicted octanol–water partition coefficient (Wildman–Crippen LogP) is 2.59. The van der Waals surface area contributed by atoms with Crippen LogP contribution in [-0.2, 0) is 0 Å². The van der Waals surface area contributed by atoms with E-state index in [1.54, 1.807) is 6.26 Å². The van der Waals surface area contributed by atoms with Gasteiger partial charge in [0, 0.05) is 26.5 Å². The third-order valence-corrected chi connectivity index (χ3v) is 2.35. The minimum Gasteiger partial charge on any atom is -0.465 e. The summed E-state index contributed by atoms with van der Waals surface area (Å²) in [7, 11) is 4.11. The molecule has 0 radical (unpaired) electrons. The molecular weight excluding hydrogens is 303 g/mol. The van der Waals surface area contributed by atoms with Crippen LogP contribution in [0, 0.1) is 0 Å². The molecule has 0 atom stereocenters. The van der Waals surface area contributed by atoms with Gasteiger partial charge in [-0.2, -0.15) is 0 Å². The van der Waals surface area contributed by atoms with Crippen LogP contribution in [0.1, 0.15) is 5.76 Å². The van der Waals surface area contributed by atoms with E-state index < -0.39 is 0 Å². The highest BCUT2D eigenvalue weighted by Gasteiger charge is 2.16. The highest BCUT2D eigenvalue weighted by atomic mass is 127. The third kappa shape index (κ3) is 2.77. The van der Waals surface area contributed by atoms with Crippen molar-refractivity contribution in [2.75, 3.05) is 14.1 Å². The standard InChI is InChI=1S/C11H14N2O.HI/c1-12-7-8-13(2)11(12)6-5-10-4-3-9-14-10;/h3-9,11H,1-2H3;1H/b6-5+;. The summed E-state index contributed by atoms with van der Waals surface area (Å²) in [5, 5.41) is 0. The molecule has 2 rings (SSSR count). The van der Waals surface area contributed by atoms with Crippen LogP contribution < -0.4 is 0 Å². The van der Waals surface area contributed by atoms with Gasteiger partial charge in [-0.25, -0.2) is 0 Å². The van der Waals surface area contributed by atoms with Gasteiger partial charge in [0.1, 0.15) is 11.9 Å². The van der Waals surface area contributed by atoms with E-state index in [4.69, 9.17) is 4.42 Å². The molecule has 1 aromatic heterocycles. The first-order valence-electron chi connectivity index (χ1n) is 4.61. The second-order valence-corrected chi connectivity index (χ2v) is 3.42. The molecule has 1 aliphatic heterocycles. The fraction of sp³-hybridized carbons (Fsp3) is 0.273. The first-order chi connectivity index (χ1) is 6.77. The summed E-state index contributed by atoms with van der Waals surface area (Å²) in [6.07, 6.45) is 10.2. The molecule has 3 nitrogen and oxygen atoms in total. The second kappa shape index (κ2) is 5.25. The molecule has 0 saturated heterocycles. The Morgan fingerprint density at radius 2 is 1.93 bits per heavy atom. The van der Waals surface area contributed by atoms with E-state index in [-0.39, 0.29) is 24.0 Å². The van der Waals surface area contributed by atoms with Crippen molar-refractivity contribution in [3.8, 4) is 0 Å². The van der Waals surface area contributed by atoms with Crippen LogP contribution >= 0.6 is 24.0 Å². The molecular formula is C11H15IN2O. The van der Waals surface area contributed by atoms with Crippen molar-refractivity contribution >= 4 is 30.1 Å². The second-order valence-electron chi connectivity index (χ2n) is 3.42. The molecule has 2 heterocycles. The minimum atomic E-state index is 0. The number of hydrogen-bond donors (Lipinski definition) is 0. The largest absolute Gasteiger partial charge is 0.465 e. The smallest absolute Gasteiger partial charge is 0.126 e. The SMILES string of the molecule is CN1C=CN(C)C1/C=C/c1ccco1.I. The monoisotopic (exact) mass is 318 g/mol.